The van der Waals surface area contributed by atoms with Crippen molar-refractivity contribution in [2.24, 2.45) is 0 Å². The Morgan fingerprint density at radius 1 is 1.56 bits per heavy atom. The first kappa shape index (κ1) is 12.0. The summed E-state index contributed by atoms with van der Waals surface area (Å²) in [5, 5.41) is 12.2. The summed E-state index contributed by atoms with van der Waals surface area (Å²) >= 11 is 0. The molecule has 0 radical (unpaired) electrons. The maximum atomic E-state index is 13.5. The summed E-state index contributed by atoms with van der Waals surface area (Å²) in [5.74, 6) is -1.36. The lowest BCUT2D eigenvalue weighted by molar-refractivity contribution is 0.0696. The highest BCUT2D eigenvalue weighted by molar-refractivity contribution is 5.87. The van der Waals surface area contributed by atoms with E-state index in [9.17, 15) is 9.18 Å². The van der Waals surface area contributed by atoms with Gasteiger partial charge < -0.3 is 14.4 Å². The second-order valence-electron chi connectivity index (χ2n) is 3.47. The zero-order valence-electron chi connectivity index (χ0n) is 9.38. The van der Waals surface area contributed by atoms with Crippen LogP contribution in [0, 0.1) is 12.7 Å². The van der Waals surface area contributed by atoms with Crippen molar-refractivity contribution in [1.82, 2.24) is 10.1 Å². The van der Waals surface area contributed by atoms with E-state index in [4.69, 9.17) is 14.4 Å². The van der Waals surface area contributed by atoms with Crippen molar-refractivity contribution in [3.63, 3.8) is 0 Å². The third-order valence-electron chi connectivity index (χ3n) is 2.10. The van der Waals surface area contributed by atoms with Crippen LogP contribution in [0.1, 0.15) is 22.1 Å². The van der Waals surface area contributed by atoms with Crippen LogP contribution in [0.15, 0.2) is 22.7 Å². The molecule has 1 N–H and O–H groups in total. The van der Waals surface area contributed by atoms with Crippen LogP contribution >= 0.6 is 0 Å². The third-order valence-corrected chi connectivity index (χ3v) is 2.10. The van der Waals surface area contributed by atoms with Crippen LogP contribution in [0.2, 0.25) is 0 Å². The molecule has 0 fully saturated rings. The van der Waals surface area contributed by atoms with Gasteiger partial charge in [-0.3, -0.25) is 0 Å². The summed E-state index contributed by atoms with van der Waals surface area (Å²) in [4.78, 5) is 14.5. The Balaban J connectivity index is 2.08. The molecule has 0 amide bonds. The van der Waals surface area contributed by atoms with Crippen molar-refractivity contribution in [2.45, 2.75) is 13.5 Å². The standard InChI is InChI=1S/C11H9FN2O4/c1-6-13-10(18-14-6)5-17-9-3-2-7(11(15)16)4-8(9)12/h2-4H,5H2,1H3,(H,15,16). The first-order chi connectivity index (χ1) is 8.56. The van der Waals surface area contributed by atoms with E-state index in [0.717, 1.165) is 6.07 Å². The molecule has 0 saturated heterocycles. The number of ether oxygens (including phenoxy) is 1. The van der Waals surface area contributed by atoms with Crippen molar-refractivity contribution in [3.8, 4) is 5.75 Å². The number of benzene rings is 1. The highest BCUT2D eigenvalue weighted by Crippen LogP contribution is 2.19. The molecule has 18 heavy (non-hydrogen) atoms. The largest absolute Gasteiger partial charge is 0.481 e. The maximum Gasteiger partial charge on any atom is 0.335 e. The lowest BCUT2D eigenvalue weighted by Gasteiger charge is -2.04. The molecular formula is C11H9FN2O4. The zero-order chi connectivity index (χ0) is 13.1. The van der Waals surface area contributed by atoms with Gasteiger partial charge in [0, 0.05) is 0 Å². The molecule has 94 valence electrons. The number of aromatic nitrogens is 2. The van der Waals surface area contributed by atoms with Crippen LogP contribution in [0.3, 0.4) is 0 Å². The molecule has 0 unspecified atom stereocenters. The van der Waals surface area contributed by atoms with Gasteiger partial charge in [-0.05, 0) is 25.1 Å². The molecule has 0 saturated carbocycles. The van der Waals surface area contributed by atoms with E-state index in [1.54, 1.807) is 6.92 Å². The summed E-state index contributed by atoms with van der Waals surface area (Å²) in [6.45, 7) is 1.57. The van der Waals surface area contributed by atoms with E-state index in [1.807, 2.05) is 0 Å². The van der Waals surface area contributed by atoms with E-state index in [1.165, 1.54) is 12.1 Å². The Labute approximate surface area is 101 Å². The summed E-state index contributed by atoms with van der Waals surface area (Å²) in [6, 6.07) is 3.37. The van der Waals surface area contributed by atoms with Crippen LogP contribution in [-0.4, -0.2) is 21.2 Å². The van der Waals surface area contributed by atoms with Crippen LogP contribution in [0.4, 0.5) is 4.39 Å². The zero-order valence-corrected chi connectivity index (χ0v) is 9.38. The lowest BCUT2D eigenvalue weighted by atomic mass is 10.2. The molecule has 1 heterocycles. The van der Waals surface area contributed by atoms with Crippen molar-refractivity contribution >= 4 is 5.97 Å². The lowest BCUT2D eigenvalue weighted by Crippen LogP contribution is -2.01. The van der Waals surface area contributed by atoms with Gasteiger partial charge in [0.15, 0.2) is 24.0 Å². The number of hydrogen-bond donors (Lipinski definition) is 1. The van der Waals surface area contributed by atoms with Crippen LogP contribution in [-0.2, 0) is 6.61 Å². The van der Waals surface area contributed by atoms with E-state index in [0.29, 0.717) is 5.82 Å². The van der Waals surface area contributed by atoms with Crippen LogP contribution in [0.25, 0.3) is 0 Å². The molecule has 0 aliphatic rings. The molecule has 2 rings (SSSR count). The predicted molar refractivity (Wildman–Crippen MR) is 56.7 cm³/mol. The Hall–Kier alpha value is -2.44. The Bertz CT molecular complexity index is 582. The molecular weight excluding hydrogens is 243 g/mol. The van der Waals surface area contributed by atoms with Gasteiger partial charge in [-0.15, -0.1) is 0 Å². The molecule has 0 aliphatic carbocycles. The topological polar surface area (TPSA) is 85.5 Å². The van der Waals surface area contributed by atoms with Crippen LogP contribution < -0.4 is 4.74 Å². The Morgan fingerprint density at radius 2 is 2.33 bits per heavy atom. The van der Waals surface area contributed by atoms with E-state index in [2.05, 4.69) is 10.1 Å². The molecule has 0 atom stereocenters. The third kappa shape index (κ3) is 2.62. The van der Waals surface area contributed by atoms with E-state index in [-0.39, 0.29) is 23.8 Å². The van der Waals surface area contributed by atoms with E-state index < -0.39 is 11.8 Å². The first-order valence-corrected chi connectivity index (χ1v) is 5.01. The highest BCUT2D eigenvalue weighted by Gasteiger charge is 2.10. The van der Waals surface area contributed by atoms with Crippen molar-refractivity contribution in [2.75, 3.05) is 0 Å². The number of hydrogen-bond acceptors (Lipinski definition) is 5. The average Bonchev–Trinajstić information content (AvgIpc) is 2.73. The average molecular weight is 252 g/mol. The summed E-state index contributed by atoms with van der Waals surface area (Å²) in [5.41, 5.74) is -0.145. The fourth-order valence-electron chi connectivity index (χ4n) is 1.29. The fourth-order valence-corrected chi connectivity index (χ4v) is 1.29. The second-order valence-corrected chi connectivity index (χ2v) is 3.47. The fraction of sp³-hybridized carbons (Fsp3) is 0.182. The number of carboxylic acids is 1. The number of halogens is 1. The minimum absolute atomic E-state index is 0.0733. The number of aryl methyl sites for hydroxylation is 1. The Kier molecular flexibility index (Phi) is 3.22. The highest BCUT2D eigenvalue weighted by atomic mass is 19.1. The van der Waals surface area contributed by atoms with Gasteiger partial charge in [-0.25, -0.2) is 9.18 Å². The van der Waals surface area contributed by atoms with Gasteiger partial charge in [0.1, 0.15) is 0 Å². The van der Waals surface area contributed by atoms with Crippen molar-refractivity contribution in [3.05, 3.63) is 41.3 Å². The first-order valence-electron chi connectivity index (χ1n) is 5.01. The minimum atomic E-state index is -1.20. The molecule has 7 heteroatoms. The van der Waals surface area contributed by atoms with Gasteiger partial charge >= 0.3 is 5.97 Å². The van der Waals surface area contributed by atoms with Gasteiger partial charge in [0.2, 0.25) is 0 Å². The van der Waals surface area contributed by atoms with E-state index >= 15 is 0 Å². The SMILES string of the molecule is Cc1noc(COc2ccc(C(=O)O)cc2F)n1. The van der Waals surface area contributed by atoms with Gasteiger partial charge in [0.25, 0.3) is 5.89 Å². The minimum Gasteiger partial charge on any atom is -0.481 e. The summed E-state index contributed by atoms with van der Waals surface area (Å²) in [7, 11) is 0. The smallest absolute Gasteiger partial charge is 0.335 e. The number of rotatable bonds is 4. The second kappa shape index (κ2) is 4.82. The van der Waals surface area contributed by atoms with Gasteiger partial charge in [-0.1, -0.05) is 5.16 Å². The Morgan fingerprint density at radius 3 is 2.89 bits per heavy atom. The quantitative estimate of drug-likeness (QED) is 0.892. The molecule has 1 aromatic carbocycles. The molecule has 2 aromatic rings. The molecule has 0 bridgehead atoms. The van der Waals surface area contributed by atoms with Crippen LogP contribution in [0.5, 0.6) is 5.75 Å². The van der Waals surface area contributed by atoms with Gasteiger partial charge in [-0.2, -0.15) is 4.98 Å². The summed E-state index contributed by atoms with van der Waals surface area (Å²) in [6.07, 6.45) is 0. The normalized spacial score (nSPS) is 10.3. The number of aromatic carboxylic acids is 1. The van der Waals surface area contributed by atoms with Gasteiger partial charge in [0.05, 0.1) is 5.56 Å². The van der Waals surface area contributed by atoms with Crippen molar-refractivity contribution < 1.29 is 23.6 Å². The molecule has 6 nitrogen and oxygen atoms in total. The molecule has 0 aliphatic heterocycles. The number of nitrogens with zero attached hydrogens (tertiary/aromatic N) is 2. The monoisotopic (exact) mass is 252 g/mol. The predicted octanol–water partition coefficient (Wildman–Crippen LogP) is 1.79. The summed E-state index contributed by atoms with van der Waals surface area (Å²) < 4.78 is 23.4. The van der Waals surface area contributed by atoms with Crippen molar-refractivity contribution in [1.29, 1.82) is 0 Å². The number of carboxylic acid groups (broad SMARTS) is 1. The number of carbonyl (C=O) groups is 1. The molecule has 1 aromatic heterocycles. The molecule has 0 spiro atoms. The maximum absolute atomic E-state index is 13.5.